The second-order valence-electron chi connectivity index (χ2n) is 6.30. The lowest BCUT2D eigenvalue weighted by Crippen LogP contribution is -2.20. The number of rotatable bonds is 3. The Kier molecular flexibility index (Phi) is 4.67. The third-order valence-corrected chi connectivity index (χ3v) is 4.34. The Balaban J connectivity index is 1.43. The zero-order valence-electron chi connectivity index (χ0n) is 14.9. The number of amides is 2. The zero-order valence-corrected chi connectivity index (χ0v) is 14.9. The van der Waals surface area contributed by atoms with Crippen molar-refractivity contribution >= 4 is 28.4 Å². The number of fused-ring (bicyclic) bond motifs is 1. The summed E-state index contributed by atoms with van der Waals surface area (Å²) in [7, 11) is 0. The van der Waals surface area contributed by atoms with E-state index in [0.717, 1.165) is 28.7 Å². The Morgan fingerprint density at radius 2 is 1.66 bits per heavy atom. The number of alkyl halides is 3. The molecule has 29 heavy (non-hydrogen) atoms. The molecular formula is C21H15F3N4O. The van der Waals surface area contributed by atoms with Crippen molar-refractivity contribution in [2.24, 2.45) is 0 Å². The summed E-state index contributed by atoms with van der Waals surface area (Å²) >= 11 is 0. The van der Waals surface area contributed by atoms with Crippen molar-refractivity contribution in [3.05, 3.63) is 84.7 Å². The predicted octanol–water partition coefficient (Wildman–Crippen LogP) is 5.69. The fraction of sp³-hybridized carbons (Fsp3) is 0.0476. The highest BCUT2D eigenvalue weighted by atomic mass is 19.4. The van der Waals surface area contributed by atoms with E-state index in [9.17, 15) is 18.0 Å². The maximum absolute atomic E-state index is 12.6. The van der Waals surface area contributed by atoms with Crippen LogP contribution in [0.2, 0.25) is 0 Å². The van der Waals surface area contributed by atoms with Crippen molar-refractivity contribution in [1.82, 2.24) is 9.55 Å². The lowest BCUT2D eigenvalue weighted by atomic mass is 10.2. The standard InChI is InChI=1S/C21H15F3N4O/c22-21(23,24)15-5-7-16(8-6-15)26-20(29)27-19-10-9-17(13-25-19)28-12-11-14-3-1-2-4-18(14)28/h1-13H,(H2,25,26,27,29). The molecule has 2 aromatic carbocycles. The number of nitrogens with zero attached hydrogens (tertiary/aromatic N) is 2. The number of pyridine rings is 1. The molecule has 2 amide bonds. The Hall–Kier alpha value is -3.81. The molecule has 2 heterocycles. The number of hydrogen-bond donors (Lipinski definition) is 2. The van der Waals surface area contributed by atoms with Crippen LogP contribution >= 0.6 is 0 Å². The van der Waals surface area contributed by atoms with Crippen LogP contribution in [0, 0.1) is 0 Å². The summed E-state index contributed by atoms with van der Waals surface area (Å²) in [5.74, 6) is 0.314. The highest BCUT2D eigenvalue weighted by molar-refractivity contribution is 5.99. The predicted molar refractivity (Wildman–Crippen MR) is 105 cm³/mol. The number of anilines is 2. The minimum atomic E-state index is -4.42. The number of urea groups is 1. The van der Waals surface area contributed by atoms with E-state index in [2.05, 4.69) is 15.6 Å². The zero-order chi connectivity index (χ0) is 20.4. The minimum absolute atomic E-state index is 0.242. The average molecular weight is 396 g/mol. The molecule has 0 atom stereocenters. The van der Waals surface area contributed by atoms with E-state index in [1.54, 1.807) is 12.3 Å². The Labute approximate surface area is 163 Å². The first kappa shape index (κ1) is 18.5. The molecule has 0 aliphatic carbocycles. The van der Waals surface area contributed by atoms with Gasteiger partial charge in [0.15, 0.2) is 0 Å². The number of carbonyl (C=O) groups is 1. The van der Waals surface area contributed by atoms with Crippen molar-refractivity contribution < 1.29 is 18.0 Å². The van der Waals surface area contributed by atoms with Gasteiger partial charge in [0, 0.05) is 11.9 Å². The van der Waals surface area contributed by atoms with Gasteiger partial charge >= 0.3 is 12.2 Å². The molecule has 146 valence electrons. The van der Waals surface area contributed by atoms with Gasteiger partial charge in [-0.15, -0.1) is 0 Å². The number of halogens is 3. The van der Waals surface area contributed by atoms with Gasteiger partial charge in [-0.25, -0.2) is 9.78 Å². The third kappa shape index (κ3) is 4.06. The quantitative estimate of drug-likeness (QED) is 0.467. The number of benzene rings is 2. The Bertz CT molecular complexity index is 1150. The van der Waals surface area contributed by atoms with E-state index in [1.807, 2.05) is 47.2 Å². The highest BCUT2D eigenvalue weighted by Crippen LogP contribution is 2.29. The molecule has 0 unspecified atom stereocenters. The smallest absolute Gasteiger partial charge is 0.315 e. The Morgan fingerprint density at radius 3 is 2.34 bits per heavy atom. The van der Waals surface area contributed by atoms with Crippen LogP contribution in [0.3, 0.4) is 0 Å². The Morgan fingerprint density at radius 1 is 0.897 bits per heavy atom. The van der Waals surface area contributed by atoms with Gasteiger partial charge in [0.1, 0.15) is 5.82 Å². The molecular weight excluding hydrogens is 381 g/mol. The van der Waals surface area contributed by atoms with Crippen molar-refractivity contribution in [3.8, 4) is 5.69 Å². The number of hydrogen-bond acceptors (Lipinski definition) is 2. The molecule has 4 aromatic rings. The number of aromatic nitrogens is 2. The number of nitrogens with one attached hydrogen (secondary N) is 2. The van der Waals surface area contributed by atoms with Crippen LogP contribution in [0.25, 0.3) is 16.6 Å². The molecule has 8 heteroatoms. The topological polar surface area (TPSA) is 59.0 Å². The van der Waals surface area contributed by atoms with E-state index in [0.29, 0.717) is 5.82 Å². The molecule has 0 aliphatic heterocycles. The van der Waals surface area contributed by atoms with Crippen LogP contribution in [0.5, 0.6) is 0 Å². The van der Waals surface area contributed by atoms with Crippen LogP contribution in [-0.4, -0.2) is 15.6 Å². The van der Waals surface area contributed by atoms with E-state index in [-0.39, 0.29) is 5.69 Å². The fourth-order valence-corrected chi connectivity index (χ4v) is 2.93. The summed E-state index contributed by atoms with van der Waals surface area (Å²) in [6, 6.07) is 17.0. The first-order valence-electron chi connectivity index (χ1n) is 8.68. The van der Waals surface area contributed by atoms with Gasteiger partial charge in [-0.3, -0.25) is 5.32 Å². The molecule has 2 aromatic heterocycles. The van der Waals surface area contributed by atoms with E-state index in [4.69, 9.17) is 0 Å². The molecule has 4 rings (SSSR count). The minimum Gasteiger partial charge on any atom is -0.315 e. The van der Waals surface area contributed by atoms with Crippen LogP contribution in [-0.2, 0) is 6.18 Å². The van der Waals surface area contributed by atoms with Crippen molar-refractivity contribution in [1.29, 1.82) is 0 Å². The molecule has 0 radical (unpaired) electrons. The average Bonchev–Trinajstić information content (AvgIpc) is 3.12. The van der Waals surface area contributed by atoms with Crippen LogP contribution in [0.15, 0.2) is 79.1 Å². The number of para-hydroxylation sites is 1. The molecule has 2 N–H and O–H groups in total. The van der Waals surface area contributed by atoms with Gasteiger partial charge in [-0.1, -0.05) is 18.2 Å². The van der Waals surface area contributed by atoms with Crippen molar-refractivity contribution in [2.75, 3.05) is 10.6 Å². The van der Waals surface area contributed by atoms with Gasteiger partial charge in [-0.2, -0.15) is 13.2 Å². The summed E-state index contributed by atoms with van der Waals surface area (Å²) < 4.78 is 39.7. The molecule has 0 saturated carbocycles. The van der Waals surface area contributed by atoms with Crippen LogP contribution in [0.1, 0.15) is 5.56 Å². The largest absolute Gasteiger partial charge is 0.416 e. The van der Waals surface area contributed by atoms with Crippen molar-refractivity contribution in [3.63, 3.8) is 0 Å². The van der Waals surface area contributed by atoms with Gasteiger partial charge in [0.25, 0.3) is 0 Å². The van der Waals surface area contributed by atoms with Gasteiger partial charge < -0.3 is 9.88 Å². The van der Waals surface area contributed by atoms with E-state index >= 15 is 0 Å². The SMILES string of the molecule is O=C(Nc1ccc(C(F)(F)F)cc1)Nc1ccc(-n2ccc3ccccc32)cn1. The number of carbonyl (C=O) groups excluding carboxylic acids is 1. The van der Waals surface area contributed by atoms with Crippen LogP contribution in [0.4, 0.5) is 29.5 Å². The maximum atomic E-state index is 12.6. The maximum Gasteiger partial charge on any atom is 0.416 e. The lowest BCUT2D eigenvalue weighted by molar-refractivity contribution is -0.137. The summed E-state index contributed by atoms with van der Waals surface area (Å²) in [4.78, 5) is 16.3. The van der Waals surface area contributed by atoms with E-state index in [1.165, 1.54) is 12.1 Å². The first-order chi connectivity index (χ1) is 13.9. The summed E-state index contributed by atoms with van der Waals surface area (Å²) in [6.07, 6.45) is -0.857. The highest BCUT2D eigenvalue weighted by Gasteiger charge is 2.29. The molecule has 5 nitrogen and oxygen atoms in total. The second kappa shape index (κ2) is 7.31. The van der Waals surface area contributed by atoms with Gasteiger partial charge in [0.05, 0.1) is 23.0 Å². The summed E-state index contributed by atoms with van der Waals surface area (Å²) in [5, 5.41) is 6.13. The lowest BCUT2D eigenvalue weighted by Gasteiger charge is -2.10. The van der Waals surface area contributed by atoms with Crippen LogP contribution < -0.4 is 10.6 Å². The van der Waals surface area contributed by atoms with E-state index < -0.39 is 17.8 Å². The normalized spacial score (nSPS) is 11.4. The summed E-state index contributed by atoms with van der Waals surface area (Å²) in [6.45, 7) is 0. The second-order valence-corrected chi connectivity index (χ2v) is 6.30. The molecule has 0 aliphatic rings. The molecule has 0 fully saturated rings. The van der Waals surface area contributed by atoms with Gasteiger partial charge in [-0.05, 0) is 53.9 Å². The molecule has 0 saturated heterocycles. The fourth-order valence-electron chi connectivity index (χ4n) is 2.93. The van der Waals surface area contributed by atoms with Gasteiger partial charge in [0.2, 0.25) is 0 Å². The van der Waals surface area contributed by atoms with Crippen molar-refractivity contribution in [2.45, 2.75) is 6.18 Å². The first-order valence-corrected chi connectivity index (χ1v) is 8.68. The third-order valence-electron chi connectivity index (χ3n) is 4.34. The monoisotopic (exact) mass is 396 g/mol. The molecule has 0 bridgehead atoms. The molecule has 0 spiro atoms. The summed E-state index contributed by atoms with van der Waals surface area (Å²) in [5.41, 5.74) is 1.33.